The number of unbranched alkanes of at least 4 members (excludes halogenated alkanes) is 9. The Morgan fingerprint density at radius 2 is 0.763 bits per heavy atom. The highest BCUT2D eigenvalue weighted by molar-refractivity contribution is 5.17. The van der Waals surface area contributed by atoms with E-state index in [0.29, 0.717) is 0 Å². The van der Waals surface area contributed by atoms with Crippen molar-refractivity contribution in [2.45, 2.75) is 130 Å². The number of nitrogens with zero attached hydrogens (tertiary/aromatic N) is 2. The molecule has 0 spiro atoms. The number of aliphatic hydroxyl groups is 2. The van der Waals surface area contributed by atoms with Crippen LogP contribution in [0.2, 0.25) is 0 Å². The zero-order valence-corrected chi connectivity index (χ0v) is 28.0. The predicted octanol–water partition coefficient (Wildman–Crippen LogP) is 0.598. The highest BCUT2D eigenvalue weighted by atomic mass is 79.9. The maximum absolute atomic E-state index is 10.6. The van der Waals surface area contributed by atoms with E-state index >= 15 is 0 Å². The Balaban J connectivity index is 0.00000684. The van der Waals surface area contributed by atoms with E-state index in [-0.39, 0.29) is 45.8 Å². The molecule has 6 heteroatoms. The smallest absolute Gasteiger partial charge is 0.169 e. The van der Waals surface area contributed by atoms with Gasteiger partial charge < -0.3 is 44.2 Å². The van der Waals surface area contributed by atoms with Crippen molar-refractivity contribution < 1.29 is 53.3 Å². The molecule has 0 saturated heterocycles. The Morgan fingerprint density at radius 1 is 0.526 bits per heavy atom. The largest absolute Gasteiger partial charge is 1.00 e. The molecule has 2 aromatic rings. The molecule has 0 radical (unpaired) electrons. The molecule has 2 atom stereocenters. The van der Waals surface area contributed by atoms with Crippen LogP contribution in [0.15, 0.2) is 49.1 Å². The lowest BCUT2D eigenvalue weighted by Crippen LogP contribution is -3.00. The van der Waals surface area contributed by atoms with E-state index in [1.807, 2.05) is 13.8 Å². The van der Waals surface area contributed by atoms with Gasteiger partial charge in [-0.05, 0) is 49.7 Å². The molecule has 0 aliphatic carbocycles. The third kappa shape index (κ3) is 12.1. The number of halogens is 2. The lowest BCUT2D eigenvalue weighted by molar-refractivity contribution is -0.697. The molecule has 0 fully saturated rings. The fourth-order valence-electron chi connectivity index (χ4n) is 4.56. The van der Waals surface area contributed by atoms with Crippen molar-refractivity contribution in [1.29, 1.82) is 0 Å². The van der Waals surface area contributed by atoms with E-state index in [2.05, 4.69) is 85.9 Å². The van der Waals surface area contributed by atoms with Crippen LogP contribution in [0.1, 0.15) is 117 Å². The SMILES string of the molecule is CC(C)C(C)(O)c1cc[n+](CCCCCCCCCCCC[n+]2ccc(C(C)(O)C(C)C)cc2)cc1.[Br-].[Br-]. The van der Waals surface area contributed by atoms with Crippen molar-refractivity contribution in [3.8, 4) is 0 Å². The van der Waals surface area contributed by atoms with Crippen LogP contribution in [0.3, 0.4) is 0 Å². The number of aromatic nitrogens is 2. The van der Waals surface area contributed by atoms with Gasteiger partial charge in [-0.3, -0.25) is 0 Å². The monoisotopic (exact) mass is 656 g/mol. The number of rotatable bonds is 17. The molecule has 0 saturated carbocycles. The van der Waals surface area contributed by atoms with Crippen LogP contribution < -0.4 is 43.1 Å². The third-order valence-electron chi connectivity index (χ3n) is 8.28. The van der Waals surface area contributed by atoms with Gasteiger partial charge in [0.25, 0.3) is 0 Å². The Bertz CT molecular complexity index is 793. The van der Waals surface area contributed by atoms with Crippen molar-refractivity contribution in [3.05, 3.63) is 60.2 Å². The lowest BCUT2D eigenvalue weighted by Gasteiger charge is -2.27. The van der Waals surface area contributed by atoms with Crippen molar-refractivity contribution >= 4 is 0 Å². The van der Waals surface area contributed by atoms with Gasteiger partial charge in [0.15, 0.2) is 24.8 Å². The fraction of sp³-hybridized carbons (Fsp3) is 0.688. The molecule has 218 valence electrons. The van der Waals surface area contributed by atoms with E-state index in [4.69, 9.17) is 0 Å². The minimum atomic E-state index is -0.762. The summed E-state index contributed by atoms with van der Waals surface area (Å²) in [5.74, 6) is 0.399. The first-order valence-corrected chi connectivity index (χ1v) is 14.5. The first kappa shape index (κ1) is 37.2. The van der Waals surface area contributed by atoms with Gasteiger partial charge in [-0.25, -0.2) is 9.13 Å². The van der Waals surface area contributed by atoms with E-state index in [0.717, 1.165) is 24.2 Å². The Labute approximate surface area is 254 Å². The summed E-state index contributed by atoms with van der Waals surface area (Å²) in [5.41, 5.74) is 0.472. The average Bonchev–Trinajstić information content (AvgIpc) is 2.85. The van der Waals surface area contributed by atoms with Crippen LogP contribution in [0.5, 0.6) is 0 Å². The van der Waals surface area contributed by atoms with Gasteiger partial charge in [0, 0.05) is 37.1 Å². The van der Waals surface area contributed by atoms with Crippen LogP contribution in [0.25, 0.3) is 0 Å². The average molecular weight is 659 g/mol. The van der Waals surface area contributed by atoms with Crippen molar-refractivity contribution in [1.82, 2.24) is 0 Å². The topological polar surface area (TPSA) is 48.2 Å². The Kier molecular flexibility index (Phi) is 18.1. The summed E-state index contributed by atoms with van der Waals surface area (Å²) in [6, 6.07) is 8.25. The second-order valence-electron chi connectivity index (χ2n) is 11.8. The maximum Gasteiger partial charge on any atom is 0.169 e. The molecule has 4 nitrogen and oxygen atoms in total. The van der Waals surface area contributed by atoms with Gasteiger partial charge in [0.1, 0.15) is 13.1 Å². The van der Waals surface area contributed by atoms with Crippen molar-refractivity contribution in [3.63, 3.8) is 0 Å². The molecular formula is C32H54Br2N2O2. The summed E-state index contributed by atoms with van der Waals surface area (Å²) in [7, 11) is 0. The summed E-state index contributed by atoms with van der Waals surface area (Å²) >= 11 is 0. The molecule has 2 N–H and O–H groups in total. The molecule has 0 aliphatic rings. The first-order chi connectivity index (χ1) is 17.0. The van der Waals surface area contributed by atoms with Gasteiger partial charge in [0.05, 0.1) is 11.2 Å². The van der Waals surface area contributed by atoms with Gasteiger partial charge >= 0.3 is 0 Å². The van der Waals surface area contributed by atoms with Gasteiger partial charge in [-0.1, -0.05) is 66.2 Å². The summed E-state index contributed by atoms with van der Waals surface area (Å²) in [6.07, 6.45) is 21.5. The Morgan fingerprint density at radius 3 is 1.00 bits per heavy atom. The van der Waals surface area contributed by atoms with Crippen LogP contribution >= 0.6 is 0 Å². The summed E-state index contributed by atoms with van der Waals surface area (Å²) in [6.45, 7) is 14.1. The molecule has 2 unspecified atom stereocenters. The molecule has 38 heavy (non-hydrogen) atoms. The number of pyridine rings is 2. The first-order valence-electron chi connectivity index (χ1n) is 14.5. The van der Waals surface area contributed by atoms with Crippen LogP contribution in [-0.2, 0) is 24.3 Å². The quantitative estimate of drug-likeness (QED) is 0.194. The molecule has 0 aliphatic heterocycles. The Hall–Kier alpha value is -0.820. The van der Waals surface area contributed by atoms with Crippen molar-refractivity contribution in [2.75, 3.05) is 0 Å². The molecule has 2 rings (SSSR count). The van der Waals surface area contributed by atoms with Crippen molar-refractivity contribution in [2.24, 2.45) is 11.8 Å². The highest BCUT2D eigenvalue weighted by Crippen LogP contribution is 2.28. The maximum atomic E-state index is 10.6. The number of hydrogen-bond acceptors (Lipinski definition) is 2. The van der Waals surface area contributed by atoms with E-state index in [1.54, 1.807) is 0 Å². The molecule has 0 bridgehead atoms. The summed E-state index contributed by atoms with van der Waals surface area (Å²) < 4.78 is 4.48. The highest BCUT2D eigenvalue weighted by Gasteiger charge is 2.28. The molecular weight excluding hydrogens is 604 g/mol. The molecule has 2 heterocycles. The number of hydrogen-bond donors (Lipinski definition) is 2. The zero-order chi connectivity index (χ0) is 26.6. The van der Waals surface area contributed by atoms with Gasteiger partial charge in [-0.2, -0.15) is 0 Å². The minimum absolute atomic E-state index is 0. The minimum Gasteiger partial charge on any atom is -1.00 e. The normalized spacial score (nSPS) is 14.5. The second kappa shape index (κ2) is 18.5. The van der Waals surface area contributed by atoms with Crippen LogP contribution in [0, 0.1) is 11.8 Å². The van der Waals surface area contributed by atoms with E-state index in [9.17, 15) is 10.2 Å². The molecule has 0 aromatic carbocycles. The predicted molar refractivity (Wildman–Crippen MR) is 148 cm³/mol. The van der Waals surface area contributed by atoms with E-state index < -0.39 is 11.2 Å². The zero-order valence-electron chi connectivity index (χ0n) is 24.8. The molecule has 0 amide bonds. The lowest BCUT2D eigenvalue weighted by atomic mass is 9.86. The fourth-order valence-corrected chi connectivity index (χ4v) is 4.56. The van der Waals surface area contributed by atoms with E-state index in [1.165, 1.54) is 64.2 Å². The third-order valence-corrected chi connectivity index (χ3v) is 8.28. The summed E-state index contributed by atoms with van der Waals surface area (Å²) in [5, 5.41) is 21.2. The van der Waals surface area contributed by atoms with Gasteiger partial charge in [-0.15, -0.1) is 0 Å². The number of aryl methyl sites for hydroxylation is 2. The second-order valence-corrected chi connectivity index (χ2v) is 11.8. The summed E-state index contributed by atoms with van der Waals surface area (Å²) in [4.78, 5) is 0. The van der Waals surface area contributed by atoms with Gasteiger partial charge in [0.2, 0.25) is 0 Å². The van der Waals surface area contributed by atoms with Crippen LogP contribution in [0.4, 0.5) is 0 Å². The van der Waals surface area contributed by atoms with Crippen LogP contribution in [-0.4, -0.2) is 10.2 Å². The molecule has 2 aromatic heterocycles. The standard InChI is InChI=1S/C32H54N2O2.2BrH/c1-27(2)31(5,35)29-17-23-33(24-18-29)21-15-13-11-9-7-8-10-12-14-16-22-34-25-19-30(20-26-34)32(6,36)28(3)4;;/h17-20,23-28,35-36H,7-16,21-22H2,1-6H3;2*1H/q+2;;/p-2.